The van der Waals surface area contributed by atoms with Gasteiger partial charge < -0.3 is 4.90 Å². The molecule has 3 aromatic heterocycles. The van der Waals surface area contributed by atoms with Crippen LogP contribution in [0.5, 0.6) is 0 Å². The second-order valence-corrected chi connectivity index (χ2v) is 9.51. The molecule has 0 saturated heterocycles. The summed E-state index contributed by atoms with van der Waals surface area (Å²) in [6, 6.07) is 10.3. The third kappa shape index (κ3) is 2.48. The normalized spacial score (nSPS) is 17.5. The highest BCUT2D eigenvalue weighted by molar-refractivity contribution is 9.11. The number of nitrogens with zero attached hydrogens (tertiary/aromatic N) is 1. The maximum atomic E-state index is 13.0. The van der Waals surface area contributed by atoms with E-state index in [1.165, 1.54) is 26.7 Å². The molecule has 1 atom stereocenters. The first kappa shape index (κ1) is 14.6. The second kappa shape index (κ2) is 5.92. The molecule has 0 bridgehead atoms. The number of hydrogen-bond acceptors (Lipinski definition) is 4. The molecule has 4 heterocycles. The number of amides is 1. The van der Waals surface area contributed by atoms with Gasteiger partial charge in [-0.1, -0.05) is 6.07 Å². The van der Waals surface area contributed by atoms with Crippen LogP contribution < -0.4 is 0 Å². The van der Waals surface area contributed by atoms with E-state index in [2.05, 4.69) is 44.9 Å². The summed E-state index contributed by atoms with van der Waals surface area (Å²) in [5, 5.41) is 4.22. The van der Waals surface area contributed by atoms with Gasteiger partial charge in [-0.2, -0.15) is 0 Å². The number of fused-ring (bicyclic) bond motifs is 1. The highest BCUT2D eigenvalue weighted by Gasteiger charge is 2.34. The fourth-order valence-corrected chi connectivity index (χ4v) is 5.96. The van der Waals surface area contributed by atoms with Gasteiger partial charge in [0, 0.05) is 16.3 Å². The van der Waals surface area contributed by atoms with Crippen LogP contribution in [0.2, 0.25) is 0 Å². The van der Waals surface area contributed by atoms with E-state index in [1.54, 1.807) is 22.7 Å². The Morgan fingerprint density at radius 2 is 2.09 bits per heavy atom. The van der Waals surface area contributed by atoms with Crippen LogP contribution in [0, 0.1) is 0 Å². The van der Waals surface area contributed by atoms with E-state index in [-0.39, 0.29) is 11.9 Å². The Morgan fingerprint density at radius 3 is 2.82 bits per heavy atom. The van der Waals surface area contributed by atoms with Crippen molar-refractivity contribution in [1.29, 1.82) is 0 Å². The Morgan fingerprint density at radius 1 is 1.18 bits per heavy atom. The average Bonchev–Trinajstić information content (AvgIpc) is 3.26. The molecule has 6 heteroatoms. The van der Waals surface area contributed by atoms with Crippen LogP contribution >= 0.6 is 49.9 Å². The van der Waals surface area contributed by atoms with Gasteiger partial charge in [-0.3, -0.25) is 4.79 Å². The lowest BCUT2D eigenvalue weighted by molar-refractivity contribution is 0.0704. The zero-order valence-corrected chi connectivity index (χ0v) is 15.5. The minimum absolute atomic E-state index is 0.0587. The molecule has 1 amide bonds. The zero-order chi connectivity index (χ0) is 15.1. The fourth-order valence-electron chi connectivity index (χ4n) is 2.86. The molecule has 4 rings (SSSR count). The van der Waals surface area contributed by atoms with Gasteiger partial charge in [-0.15, -0.1) is 34.0 Å². The zero-order valence-electron chi connectivity index (χ0n) is 11.5. The summed E-state index contributed by atoms with van der Waals surface area (Å²) in [5.41, 5.74) is 1.29. The molecule has 0 unspecified atom stereocenters. The summed E-state index contributed by atoms with van der Waals surface area (Å²) in [5.74, 6) is 0.131. The molecule has 0 aliphatic carbocycles. The maximum absolute atomic E-state index is 13.0. The van der Waals surface area contributed by atoms with Crippen molar-refractivity contribution in [3.05, 3.63) is 65.1 Å². The summed E-state index contributed by atoms with van der Waals surface area (Å²) in [6.07, 6.45) is 0.952. The Labute approximate surface area is 149 Å². The average molecular weight is 410 g/mol. The number of rotatable bonds is 2. The van der Waals surface area contributed by atoms with Gasteiger partial charge in [-0.25, -0.2) is 0 Å². The molecule has 3 aromatic rings. The van der Waals surface area contributed by atoms with Gasteiger partial charge in [0.15, 0.2) is 0 Å². The highest BCUT2D eigenvalue weighted by Crippen LogP contribution is 2.40. The number of hydrogen-bond donors (Lipinski definition) is 0. The van der Waals surface area contributed by atoms with Gasteiger partial charge in [0.25, 0.3) is 5.91 Å². The van der Waals surface area contributed by atoms with E-state index in [0.717, 1.165) is 21.6 Å². The van der Waals surface area contributed by atoms with Crippen molar-refractivity contribution in [2.45, 2.75) is 12.5 Å². The summed E-state index contributed by atoms with van der Waals surface area (Å²) < 4.78 is 0.997. The molecular weight excluding hydrogens is 398 g/mol. The first-order chi connectivity index (χ1) is 10.7. The Bertz CT molecular complexity index is 805. The van der Waals surface area contributed by atoms with Gasteiger partial charge >= 0.3 is 0 Å². The lowest BCUT2D eigenvalue weighted by atomic mass is 9.98. The third-order valence-corrected chi connectivity index (χ3v) is 7.36. The first-order valence-electron chi connectivity index (χ1n) is 6.90. The van der Waals surface area contributed by atoms with E-state index >= 15 is 0 Å². The van der Waals surface area contributed by atoms with Crippen molar-refractivity contribution in [2.75, 3.05) is 6.54 Å². The maximum Gasteiger partial charge on any atom is 0.264 e. The van der Waals surface area contributed by atoms with E-state index in [1.807, 2.05) is 17.0 Å². The largest absolute Gasteiger partial charge is 0.326 e. The summed E-state index contributed by atoms with van der Waals surface area (Å²) in [6.45, 7) is 0.782. The Kier molecular flexibility index (Phi) is 3.94. The molecule has 0 spiro atoms. The second-order valence-electron chi connectivity index (χ2n) is 5.07. The smallest absolute Gasteiger partial charge is 0.264 e. The standard InChI is InChI=1S/C16H12BrNOS3/c17-14-4-3-13(22-14)16(19)18-7-5-11-10(6-9-21-11)15(18)12-2-1-8-20-12/h1-4,6,8-9,15H,5,7H2/t15-/m0/s1. The van der Waals surface area contributed by atoms with Crippen LogP contribution in [-0.2, 0) is 6.42 Å². The van der Waals surface area contributed by atoms with Gasteiger partial charge in [0.05, 0.1) is 14.7 Å². The van der Waals surface area contributed by atoms with Crippen molar-refractivity contribution < 1.29 is 4.79 Å². The molecule has 0 radical (unpaired) electrons. The fraction of sp³-hybridized carbons (Fsp3) is 0.188. The monoisotopic (exact) mass is 409 g/mol. The molecular formula is C16H12BrNOS3. The SMILES string of the molecule is O=C(c1ccc(Br)s1)N1CCc2sccc2[C@H]1c1cccs1. The van der Waals surface area contributed by atoms with Crippen LogP contribution in [-0.4, -0.2) is 17.4 Å². The van der Waals surface area contributed by atoms with E-state index in [9.17, 15) is 4.79 Å². The van der Waals surface area contributed by atoms with Gasteiger partial charge in [0.1, 0.15) is 0 Å². The molecule has 0 N–H and O–H groups in total. The van der Waals surface area contributed by atoms with Crippen molar-refractivity contribution in [2.24, 2.45) is 0 Å². The summed E-state index contributed by atoms with van der Waals surface area (Å²) in [7, 11) is 0. The Balaban J connectivity index is 1.76. The number of carbonyl (C=O) groups excluding carboxylic acids is 1. The quantitative estimate of drug-likeness (QED) is 0.552. The van der Waals surface area contributed by atoms with E-state index in [0.29, 0.717) is 0 Å². The predicted octanol–water partition coefficient (Wildman–Crippen LogP) is 5.42. The highest BCUT2D eigenvalue weighted by atomic mass is 79.9. The molecule has 2 nitrogen and oxygen atoms in total. The third-order valence-electron chi connectivity index (χ3n) is 3.82. The van der Waals surface area contributed by atoms with Crippen LogP contribution in [0.4, 0.5) is 0 Å². The Hall–Kier alpha value is -0.950. The minimum atomic E-state index is 0.0587. The molecule has 112 valence electrons. The molecule has 1 aliphatic rings. The van der Waals surface area contributed by atoms with Crippen molar-refractivity contribution >= 4 is 55.8 Å². The van der Waals surface area contributed by atoms with Gasteiger partial charge in [-0.05, 0) is 62.9 Å². The van der Waals surface area contributed by atoms with Crippen molar-refractivity contribution in [3.63, 3.8) is 0 Å². The van der Waals surface area contributed by atoms with Crippen LogP contribution in [0.3, 0.4) is 0 Å². The van der Waals surface area contributed by atoms with Gasteiger partial charge in [0.2, 0.25) is 0 Å². The number of thiophene rings is 3. The molecule has 1 aliphatic heterocycles. The number of carbonyl (C=O) groups is 1. The topological polar surface area (TPSA) is 20.3 Å². The lowest BCUT2D eigenvalue weighted by Gasteiger charge is -2.35. The van der Waals surface area contributed by atoms with Crippen LogP contribution in [0.1, 0.15) is 31.0 Å². The molecule has 22 heavy (non-hydrogen) atoms. The number of halogens is 1. The lowest BCUT2D eigenvalue weighted by Crippen LogP contribution is -2.39. The van der Waals surface area contributed by atoms with E-state index in [4.69, 9.17) is 0 Å². The summed E-state index contributed by atoms with van der Waals surface area (Å²) >= 11 is 8.48. The first-order valence-corrected chi connectivity index (χ1v) is 10.3. The van der Waals surface area contributed by atoms with Crippen LogP contribution in [0.15, 0.2) is 44.9 Å². The van der Waals surface area contributed by atoms with E-state index < -0.39 is 0 Å². The molecule has 0 saturated carbocycles. The molecule has 0 aromatic carbocycles. The minimum Gasteiger partial charge on any atom is -0.326 e. The van der Waals surface area contributed by atoms with Crippen LogP contribution in [0.25, 0.3) is 0 Å². The summed E-state index contributed by atoms with van der Waals surface area (Å²) in [4.78, 5) is 18.5. The molecule has 0 fully saturated rings. The predicted molar refractivity (Wildman–Crippen MR) is 97.2 cm³/mol. The van der Waals surface area contributed by atoms with Crippen molar-refractivity contribution in [3.8, 4) is 0 Å². The van der Waals surface area contributed by atoms with Crippen molar-refractivity contribution in [1.82, 2.24) is 4.90 Å².